The number of amides is 1. The van der Waals surface area contributed by atoms with E-state index < -0.39 is 0 Å². The second-order valence-corrected chi connectivity index (χ2v) is 2.66. The van der Waals surface area contributed by atoms with E-state index in [2.05, 4.69) is 20.9 Å². The van der Waals surface area contributed by atoms with Gasteiger partial charge in [0.2, 0.25) is 5.91 Å². The maximum absolute atomic E-state index is 11.0. The molecule has 86 valence electrons. The van der Waals surface area contributed by atoms with Crippen LogP contribution < -0.4 is 16.0 Å². The first-order valence-electron chi connectivity index (χ1n) is 4.69. The fourth-order valence-electron chi connectivity index (χ4n) is 0.780. The molecule has 0 saturated carbocycles. The summed E-state index contributed by atoms with van der Waals surface area (Å²) in [5.74, 6) is 0.472. The predicted molar refractivity (Wildman–Crippen MR) is 59.4 cm³/mol. The molecule has 4 N–H and O–H groups in total. The lowest BCUT2D eigenvalue weighted by molar-refractivity contribution is -0.119. The van der Waals surface area contributed by atoms with Crippen molar-refractivity contribution in [3.63, 3.8) is 0 Å². The number of rotatable bonds is 7. The van der Waals surface area contributed by atoms with E-state index in [0.29, 0.717) is 12.4 Å². The molecule has 0 aromatic carbocycles. The zero-order chi connectivity index (χ0) is 11.5. The van der Waals surface area contributed by atoms with Crippen LogP contribution in [0.3, 0.4) is 0 Å². The molecular weight excluding hydrogens is 196 g/mol. The zero-order valence-electron chi connectivity index (χ0n) is 9.08. The molecule has 0 radical (unpaired) electrons. The average Bonchev–Trinajstić information content (AvgIpc) is 2.27. The predicted octanol–water partition coefficient (Wildman–Crippen LogP) is -1.21. The van der Waals surface area contributed by atoms with Crippen molar-refractivity contribution >= 4 is 12.2 Å². The van der Waals surface area contributed by atoms with Crippen LogP contribution in [-0.4, -0.2) is 44.6 Å². The first-order chi connectivity index (χ1) is 7.24. The van der Waals surface area contributed by atoms with Crippen molar-refractivity contribution in [1.29, 1.82) is 0 Å². The second kappa shape index (κ2) is 9.01. The quantitative estimate of drug-likeness (QED) is 0.316. The van der Waals surface area contributed by atoms with Crippen LogP contribution in [0.25, 0.3) is 0 Å². The van der Waals surface area contributed by atoms with Gasteiger partial charge in [-0.3, -0.25) is 4.79 Å². The first-order valence-corrected chi connectivity index (χ1v) is 4.69. The number of carbonyl (C=O) groups excluding carboxylic acids is 1. The molecule has 0 saturated heterocycles. The molecule has 0 bridgehead atoms. The number of aliphatic hydroxyl groups excluding tert-OH is 1. The van der Waals surface area contributed by atoms with Crippen molar-refractivity contribution in [3.05, 3.63) is 11.9 Å². The van der Waals surface area contributed by atoms with Gasteiger partial charge in [-0.15, -0.1) is 0 Å². The molecule has 0 aromatic heterocycles. The van der Waals surface area contributed by atoms with Crippen LogP contribution in [0.2, 0.25) is 0 Å². The third-order valence-corrected chi connectivity index (χ3v) is 1.51. The highest BCUT2D eigenvalue weighted by atomic mass is 16.3. The van der Waals surface area contributed by atoms with Crippen molar-refractivity contribution in [1.82, 2.24) is 16.0 Å². The zero-order valence-corrected chi connectivity index (χ0v) is 9.08. The molecule has 15 heavy (non-hydrogen) atoms. The molecule has 0 aromatic rings. The van der Waals surface area contributed by atoms with E-state index in [-0.39, 0.29) is 18.9 Å². The molecule has 0 aliphatic rings. The van der Waals surface area contributed by atoms with Gasteiger partial charge in [0.25, 0.3) is 0 Å². The monoisotopic (exact) mass is 214 g/mol. The third-order valence-electron chi connectivity index (χ3n) is 1.51. The summed E-state index contributed by atoms with van der Waals surface area (Å²) in [6.45, 7) is 0.424. The Morgan fingerprint density at radius 1 is 1.47 bits per heavy atom. The largest absolute Gasteiger partial charge is 0.395 e. The molecule has 0 heterocycles. The Kier molecular flexibility index (Phi) is 8.08. The molecule has 1 amide bonds. The van der Waals surface area contributed by atoms with E-state index in [1.807, 2.05) is 0 Å². The fourth-order valence-corrected chi connectivity index (χ4v) is 0.780. The molecule has 0 fully saturated rings. The maximum atomic E-state index is 11.0. The highest BCUT2D eigenvalue weighted by Gasteiger charge is 1.96. The lowest BCUT2D eigenvalue weighted by atomic mass is 10.3. The minimum Gasteiger partial charge on any atom is -0.395 e. The third kappa shape index (κ3) is 7.51. The Morgan fingerprint density at radius 2 is 2.20 bits per heavy atom. The summed E-state index contributed by atoms with van der Waals surface area (Å²) in [4.78, 5) is 15.0. The molecule has 0 spiro atoms. The minimum atomic E-state index is -0.0852. The van der Waals surface area contributed by atoms with Crippen molar-refractivity contribution in [2.45, 2.75) is 6.42 Å². The van der Waals surface area contributed by atoms with Gasteiger partial charge >= 0.3 is 0 Å². The number of carbonyl (C=O) groups is 1. The number of nitrogens with zero attached hydrogens (tertiary/aromatic N) is 1. The van der Waals surface area contributed by atoms with Crippen molar-refractivity contribution in [2.24, 2.45) is 4.99 Å². The smallest absolute Gasteiger partial charge is 0.223 e. The SMILES string of the molecule is CN/C=N\C(=C/CC(=O)NC)NCCO. The van der Waals surface area contributed by atoms with E-state index in [4.69, 9.17) is 5.11 Å². The van der Waals surface area contributed by atoms with Gasteiger partial charge in [-0.1, -0.05) is 0 Å². The molecule has 0 rings (SSSR count). The Morgan fingerprint density at radius 3 is 2.73 bits per heavy atom. The van der Waals surface area contributed by atoms with Gasteiger partial charge in [-0.05, 0) is 6.08 Å². The number of hydrogen-bond acceptors (Lipinski definition) is 4. The number of hydrogen-bond donors (Lipinski definition) is 4. The highest BCUT2D eigenvalue weighted by molar-refractivity contribution is 5.77. The van der Waals surface area contributed by atoms with Gasteiger partial charge in [0.1, 0.15) is 5.82 Å². The molecule has 0 aliphatic carbocycles. The van der Waals surface area contributed by atoms with Gasteiger partial charge in [-0.25, -0.2) is 4.99 Å². The van der Waals surface area contributed by atoms with Crippen LogP contribution in [0.15, 0.2) is 16.9 Å². The van der Waals surface area contributed by atoms with Crippen LogP contribution in [0, 0.1) is 0 Å². The fraction of sp³-hybridized carbons (Fsp3) is 0.556. The first kappa shape index (κ1) is 13.4. The van der Waals surface area contributed by atoms with Crippen LogP contribution in [0.5, 0.6) is 0 Å². The molecular formula is C9H18N4O2. The van der Waals surface area contributed by atoms with E-state index in [0.717, 1.165) is 0 Å². The van der Waals surface area contributed by atoms with Crippen LogP contribution >= 0.6 is 0 Å². The maximum Gasteiger partial charge on any atom is 0.223 e. The Hall–Kier alpha value is -1.56. The standard InChI is InChI=1S/C9H18N4O2/c1-10-7-13-8(12-5-6-14)3-4-9(15)11-2/h3,7,12,14H,4-6H2,1-2H3,(H,10,13)(H,11,15)/b8-3-. The molecule has 0 atom stereocenters. The van der Waals surface area contributed by atoms with Gasteiger partial charge in [0.15, 0.2) is 0 Å². The van der Waals surface area contributed by atoms with E-state index >= 15 is 0 Å². The summed E-state index contributed by atoms with van der Waals surface area (Å²) in [6.07, 6.45) is 3.41. The van der Waals surface area contributed by atoms with Crippen LogP contribution in [-0.2, 0) is 4.79 Å². The molecule has 0 aliphatic heterocycles. The van der Waals surface area contributed by atoms with Crippen molar-refractivity contribution in [3.8, 4) is 0 Å². The molecule has 6 nitrogen and oxygen atoms in total. The van der Waals surface area contributed by atoms with Crippen molar-refractivity contribution < 1.29 is 9.90 Å². The summed E-state index contributed by atoms with van der Waals surface area (Å²) >= 11 is 0. The second-order valence-electron chi connectivity index (χ2n) is 2.66. The van der Waals surface area contributed by atoms with E-state index in [1.54, 1.807) is 20.2 Å². The molecule has 6 heteroatoms. The number of nitrogens with one attached hydrogen (secondary N) is 3. The Balaban J connectivity index is 4.19. The van der Waals surface area contributed by atoms with E-state index in [9.17, 15) is 4.79 Å². The lowest BCUT2D eigenvalue weighted by Crippen LogP contribution is -2.20. The Labute approximate surface area is 89.5 Å². The molecule has 0 unspecified atom stereocenters. The van der Waals surface area contributed by atoms with Crippen LogP contribution in [0.1, 0.15) is 6.42 Å². The normalized spacial score (nSPS) is 11.5. The summed E-state index contributed by atoms with van der Waals surface area (Å²) in [5, 5.41) is 16.7. The van der Waals surface area contributed by atoms with E-state index in [1.165, 1.54) is 6.34 Å². The topological polar surface area (TPSA) is 85.8 Å². The van der Waals surface area contributed by atoms with Gasteiger partial charge in [0.05, 0.1) is 12.9 Å². The lowest BCUT2D eigenvalue weighted by Gasteiger charge is -2.04. The average molecular weight is 214 g/mol. The van der Waals surface area contributed by atoms with Gasteiger partial charge in [-0.2, -0.15) is 0 Å². The number of aliphatic hydroxyl groups is 1. The summed E-state index contributed by atoms with van der Waals surface area (Å²) in [5.41, 5.74) is 0. The minimum absolute atomic E-state index is 0.0202. The van der Waals surface area contributed by atoms with Crippen molar-refractivity contribution in [2.75, 3.05) is 27.2 Å². The highest BCUT2D eigenvalue weighted by Crippen LogP contribution is 1.93. The summed E-state index contributed by atoms with van der Waals surface area (Å²) in [6, 6.07) is 0. The summed E-state index contributed by atoms with van der Waals surface area (Å²) < 4.78 is 0. The number of aliphatic imine (C=N–C) groups is 1. The summed E-state index contributed by atoms with van der Waals surface area (Å²) in [7, 11) is 3.31. The van der Waals surface area contributed by atoms with Gasteiger partial charge < -0.3 is 21.1 Å². The Bertz CT molecular complexity index is 238. The van der Waals surface area contributed by atoms with Crippen LogP contribution in [0.4, 0.5) is 0 Å². The van der Waals surface area contributed by atoms with Gasteiger partial charge in [0, 0.05) is 27.1 Å².